The van der Waals surface area contributed by atoms with Gasteiger partial charge in [-0.05, 0) is 30.3 Å². The minimum Gasteiger partial charge on any atom is -0.495 e. The number of amides is 1. The number of ether oxygens (including phenoxy) is 1. The van der Waals surface area contributed by atoms with Crippen molar-refractivity contribution in [2.45, 2.75) is 9.79 Å². The van der Waals surface area contributed by atoms with Crippen LogP contribution < -0.4 is 10.1 Å². The number of thioether (sulfide) groups is 1. The molecule has 0 atom stereocenters. The Morgan fingerprint density at radius 1 is 1.19 bits per heavy atom. The molecular formula is C17H18Cl2N2O4S2. The first-order chi connectivity index (χ1) is 12.7. The van der Waals surface area contributed by atoms with Gasteiger partial charge in [0.05, 0.1) is 33.5 Å². The van der Waals surface area contributed by atoms with Gasteiger partial charge in [-0.15, -0.1) is 11.8 Å². The summed E-state index contributed by atoms with van der Waals surface area (Å²) in [5, 5.41) is 3.58. The molecule has 1 amide bonds. The van der Waals surface area contributed by atoms with Crippen molar-refractivity contribution in [1.82, 2.24) is 4.31 Å². The van der Waals surface area contributed by atoms with Gasteiger partial charge in [0.25, 0.3) is 0 Å². The summed E-state index contributed by atoms with van der Waals surface area (Å²) in [6.45, 7) is 0. The molecule has 0 heterocycles. The van der Waals surface area contributed by atoms with E-state index in [1.807, 2.05) is 0 Å². The Balaban J connectivity index is 2.19. The van der Waals surface area contributed by atoms with E-state index in [-0.39, 0.29) is 22.2 Å². The minimum absolute atomic E-state index is 0.0390. The van der Waals surface area contributed by atoms with Crippen LogP contribution in [0.25, 0.3) is 0 Å². The van der Waals surface area contributed by atoms with Crippen LogP contribution in [0.5, 0.6) is 5.75 Å². The molecule has 6 nitrogen and oxygen atoms in total. The molecule has 0 radical (unpaired) electrons. The Labute approximate surface area is 172 Å². The van der Waals surface area contributed by atoms with Crippen molar-refractivity contribution in [2.24, 2.45) is 0 Å². The van der Waals surface area contributed by atoms with Crippen LogP contribution in [-0.2, 0) is 14.8 Å². The van der Waals surface area contributed by atoms with E-state index in [0.29, 0.717) is 20.7 Å². The van der Waals surface area contributed by atoms with Crippen molar-refractivity contribution in [2.75, 3.05) is 32.3 Å². The number of carbonyl (C=O) groups is 1. The number of hydrogen-bond donors (Lipinski definition) is 1. The molecule has 0 aliphatic heterocycles. The molecular weight excluding hydrogens is 431 g/mol. The zero-order chi connectivity index (χ0) is 20.2. The van der Waals surface area contributed by atoms with E-state index in [1.54, 1.807) is 18.2 Å². The Kier molecular flexibility index (Phi) is 7.41. The highest BCUT2D eigenvalue weighted by Gasteiger charge is 2.20. The molecule has 0 saturated carbocycles. The van der Waals surface area contributed by atoms with Crippen LogP contribution in [0.15, 0.2) is 46.2 Å². The Morgan fingerprint density at radius 3 is 2.37 bits per heavy atom. The van der Waals surface area contributed by atoms with Crippen LogP contribution in [0.4, 0.5) is 5.69 Å². The second kappa shape index (κ2) is 9.16. The molecule has 0 aliphatic rings. The average Bonchev–Trinajstić information content (AvgIpc) is 2.61. The average molecular weight is 449 g/mol. The van der Waals surface area contributed by atoms with E-state index >= 15 is 0 Å². The van der Waals surface area contributed by atoms with Crippen molar-refractivity contribution in [1.29, 1.82) is 0 Å². The SMILES string of the molecule is COc1ccc(S(=O)(=O)N(C)C)cc1NC(=O)CSc1c(Cl)cccc1Cl. The topological polar surface area (TPSA) is 75.7 Å². The highest BCUT2D eigenvalue weighted by Crippen LogP contribution is 2.34. The highest BCUT2D eigenvalue weighted by atomic mass is 35.5. The molecule has 0 aromatic heterocycles. The van der Waals surface area contributed by atoms with Gasteiger partial charge in [-0.2, -0.15) is 0 Å². The Bertz CT molecular complexity index is 930. The summed E-state index contributed by atoms with van der Waals surface area (Å²) >= 11 is 13.4. The maximum atomic E-state index is 12.3. The lowest BCUT2D eigenvalue weighted by Crippen LogP contribution is -2.22. The minimum atomic E-state index is -3.64. The van der Waals surface area contributed by atoms with Gasteiger partial charge in [0.15, 0.2) is 0 Å². The van der Waals surface area contributed by atoms with E-state index in [9.17, 15) is 13.2 Å². The third-order valence-electron chi connectivity index (χ3n) is 3.49. The van der Waals surface area contributed by atoms with Crippen LogP contribution in [0.3, 0.4) is 0 Å². The van der Waals surface area contributed by atoms with Gasteiger partial charge < -0.3 is 10.1 Å². The molecule has 0 bridgehead atoms. The number of hydrogen-bond acceptors (Lipinski definition) is 5. The molecule has 0 fully saturated rings. The number of methoxy groups -OCH3 is 1. The van der Waals surface area contributed by atoms with E-state index in [2.05, 4.69) is 5.32 Å². The van der Waals surface area contributed by atoms with Gasteiger partial charge in [-0.1, -0.05) is 29.3 Å². The smallest absolute Gasteiger partial charge is 0.242 e. The lowest BCUT2D eigenvalue weighted by Gasteiger charge is -2.15. The quantitative estimate of drug-likeness (QED) is 0.648. The largest absolute Gasteiger partial charge is 0.495 e. The molecule has 2 rings (SSSR count). The van der Waals surface area contributed by atoms with Gasteiger partial charge in [0.2, 0.25) is 15.9 Å². The number of halogens is 2. The lowest BCUT2D eigenvalue weighted by atomic mass is 10.3. The maximum Gasteiger partial charge on any atom is 0.242 e. The second-order valence-electron chi connectivity index (χ2n) is 5.54. The number of anilines is 1. The second-order valence-corrected chi connectivity index (χ2v) is 9.49. The monoisotopic (exact) mass is 448 g/mol. The Hall–Kier alpha value is -1.45. The number of carbonyl (C=O) groups excluding carboxylic acids is 1. The predicted molar refractivity (Wildman–Crippen MR) is 110 cm³/mol. The number of benzene rings is 2. The number of nitrogens with zero attached hydrogens (tertiary/aromatic N) is 1. The molecule has 0 saturated heterocycles. The highest BCUT2D eigenvalue weighted by molar-refractivity contribution is 8.00. The lowest BCUT2D eigenvalue weighted by molar-refractivity contribution is -0.113. The van der Waals surface area contributed by atoms with Gasteiger partial charge in [0.1, 0.15) is 5.75 Å². The fourth-order valence-corrected chi connectivity index (χ4v) is 4.51. The summed E-state index contributed by atoms with van der Waals surface area (Å²) in [5.41, 5.74) is 0.260. The number of rotatable bonds is 7. The summed E-state index contributed by atoms with van der Waals surface area (Å²) in [4.78, 5) is 13.0. The third-order valence-corrected chi connectivity index (χ3v) is 7.29. The van der Waals surface area contributed by atoms with Gasteiger partial charge in [-0.25, -0.2) is 12.7 Å². The van der Waals surface area contributed by atoms with E-state index in [1.165, 1.54) is 51.2 Å². The van der Waals surface area contributed by atoms with E-state index in [0.717, 1.165) is 4.31 Å². The van der Waals surface area contributed by atoms with Crippen LogP contribution >= 0.6 is 35.0 Å². The first kappa shape index (κ1) is 21.8. The van der Waals surface area contributed by atoms with Crippen molar-refractivity contribution >= 4 is 56.6 Å². The fourth-order valence-electron chi connectivity index (χ4n) is 2.10. The molecule has 1 N–H and O–H groups in total. The van der Waals surface area contributed by atoms with Crippen LogP contribution in [0.1, 0.15) is 0 Å². The molecule has 27 heavy (non-hydrogen) atoms. The number of sulfonamides is 1. The van der Waals surface area contributed by atoms with Crippen molar-refractivity contribution in [3.8, 4) is 5.75 Å². The van der Waals surface area contributed by atoms with Crippen LogP contribution in [-0.4, -0.2) is 45.6 Å². The van der Waals surface area contributed by atoms with E-state index < -0.39 is 10.0 Å². The van der Waals surface area contributed by atoms with Crippen molar-refractivity contribution < 1.29 is 17.9 Å². The number of nitrogens with one attached hydrogen (secondary N) is 1. The molecule has 0 unspecified atom stereocenters. The fraction of sp³-hybridized carbons (Fsp3) is 0.235. The van der Waals surface area contributed by atoms with Gasteiger partial charge >= 0.3 is 0 Å². The maximum absolute atomic E-state index is 12.3. The van der Waals surface area contributed by atoms with Gasteiger partial charge in [0, 0.05) is 19.0 Å². The standard InChI is InChI=1S/C17H18Cl2N2O4S2/c1-21(2)27(23,24)11-7-8-15(25-3)14(9-11)20-16(22)10-26-17-12(18)5-4-6-13(17)19/h4-9H,10H2,1-3H3,(H,20,22). The molecule has 10 heteroatoms. The third kappa shape index (κ3) is 5.30. The van der Waals surface area contributed by atoms with Gasteiger partial charge in [-0.3, -0.25) is 4.79 Å². The van der Waals surface area contributed by atoms with Crippen molar-refractivity contribution in [3.05, 3.63) is 46.4 Å². The molecule has 146 valence electrons. The van der Waals surface area contributed by atoms with E-state index in [4.69, 9.17) is 27.9 Å². The summed E-state index contributed by atoms with van der Waals surface area (Å²) in [6, 6.07) is 9.36. The zero-order valence-electron chi connectivity index (χ0n) is 14.8. The molecule has 0 spiro atoms. The summed E-state index contributed by atoms with van der Waals surface area (Å²) in [6.07, 6.45) is 0. The van der Waals surface area contributed by atoms with Crippen molar-refractivity contribution in [3.63, 3.8) is 0 Å². The summed E-state index contributed by atoms with van der Waals surface area (Å²) in [5.74, 6) is 0.0348. The van der Waals surface area contributed by atoms with Crippen LogP contribution in [0.2, 0.25) is 10.0 Å². The predicted octanol–water partition coefficient (Wildman–Crippen LogP) is 3.98. The molecule has 2 aromatic carbocycles. The van der Waals surface area contributed by atoms with Crippen LogP contribution in [0, 0.1) is 0 Å². The first-order valence-corrected chi connectivity index (χ1v) is 10.8. The normalized spacial score (nSPS) is 11.5. The summed E-state index contributed by atoms with van der Waals surface area (Å²) in [7, 11) is 0.658. The molecule has 2 aromatic rings. The molecule has 0 aliphatic carbocycles. The first-order valence-electron chi connectivity index (χ1n) is 7.64. The zero-order valence-corrected chi connectivity index (χ0v) is 18.0. The Morgan fingerprint density at radius 2 is 1.81 bits per heavy atom. The summed E-state index contributed by atoms with van der Waals surface area (Å²) < 4.78 is 30.9.